The number of rotatable bonds is 6. The molecule has 6 heteroatoms. The second-order valence-electron chi connectivity index (χ2n) is 5.10. The molecule has 0 fully saturated rings. The van der Waals surface area contributed by atoms with Crippen molar-refractivity contribution in [2.45, 2.75) is 19.4 Å². The van der Waals surface area contributed by atoms with Crippen LogP contribution in [0, 0.1) is 5.92 Å². The van der Waals surface area contributed by atoms with Crippen molar-refractivity contribution in [1.29, 1.82) is 0 Å². The summed E-state index contributed by atoms with van der Waals surface area (Å²) < 4.78 is 5.41. The molecule has 1 aliphatic rings. The number of carbonyl (C=O) groups is 2. The van der Waals surface area contributed by atoms with E-state index < -0.39 is 12.0 Å². The molecule has 0 aliphatic carbocycles. The fourth-order valence-corrected chi connectivity index (χ4v) is 2.94. The second kappa shape index (κ2) is 6.85. The number of hydrogen-bond donors (Lipinski definition) is 2. The largest absolute Gasteiger partial charge is 0.493 e. The lowest BCUT2D eigenvalue weighted by Gasteiger charge is -2.18. The van der Waals surface area contributed by atoms with E-state index in [-0.39, 0.29) is 11.8 Å². The van der Waals surface area contributed by atoms with E-state index in [1.165, 1.54) is 0 Å². The Kier molecular flexibility index (Phi) is 5.12. The Hall–Kier alpha value is -1.69. The summed E-state index contributed by atoms with van der Waals surface area (Å²) in [6.07, 6.45) is 2.69. The fraction of sp³-hybridized carbons (Fsp3) is 0.467. The Morgan fingerprint density at radius 3 is 2.90 bits per heavy atom. The number of ether oxygens (including phenoxy) is 1. The Bertz CT molecular complexity index is 546. The first-order valence-electron chi connectivity index (χ1n) is 6.80. The van der Waals surface area contributed by atoms with Gasteiger partial charge in [-0.05, 0) is 29.5 Å². The highest BCUT2D eigenvalue weighted by Gasteiger charge is 2.26. The minimum absolute atomic E-state index is 0.223. The highest BCUT2D eigenvalue weighted by atomic mass is 32.2. The van der Waals surface area contributed by atoms with Crippen LogP contribution in [0.1, 0.15) is 24.1 Å². The van der Waals surface area contributed by atoms with Gasteiger partial charge >= 0.3 is 5.97 Å². The molecule has 0 bridgehead atoms. The summed E-state index contributed by atoms with van der Waals surface area (Å²) in [5, 5.41) is 12.0. The van der Waals surface area contributed by atoms with Gasteiger partial charge in [0.15, 0.2) is 6.04 Å². The maximum atomic E-state index is 12.0. The number of carbonyl (C=O) groups excluding carboxylic acids is 1. The number of aliphatic carboxylic acids is 1. The van der Waals surface area contributed by atoms with Crippen LogP contribution in [0.2, 0.25) is 0 Å². The molecule has 2 rings (SSSR count). The summed E-state index contributed by atoms with van der Waals surface area (Å²) in [6, 6.07) is 4.25. The molecule has 0 radical (unpaired) electrons. The number of thioether (sulfide) groups is 1. The first-order chi connectivity index (χ1) is 10.0. The molecular formula is C15H19NO4S. The zero-order valence-electron chi connectivity index (χ0n) is 12.1. The molecule has 2 atom stereocenters. The minimum atomic E-state index is -1.06. The van der Waals surface area contributed by atoms with Crippen LogP contribution in [0.3, 0.4) is 0 Å². The van der Waals surface area contributed by atoms with Crippen LogP contribution in [0.5, 0.6) is 5.75 Å². The molecule has 2 unspecified atom stereocenters. The maximum absolute atomic E-state index is 12.0. The van der Waals surface area contributed by atoms with Crippen LogP contribution in [0.4, 0.5) is 0 Å². The standard InChI is InChI=1S/C15H19NO4S/c1-9(8-21-2)14(17)16-13(15(18)19)11-3-4-12-10(7-11)5-6-20-12/h3-4,7,9,13H,5-6,8H2,1-2H3,(H,16,17)(H,18,19). The SMILES string of the molecule is CSCC(C)C(=O)NC(C(=O)O)c1ccc2c(c1)CCO2. The van der Waals surface area contributed by atoms with Gasteiger partial charge in [0.05, 0.1) is 6.61 Å². The van der Waals surface area contributed by atoms with E-state index in [4.69, 9.17) is 4.74 Å². The highest BCUT2D eigenvalue weighted by Crippen LogP contribution is 2.28. The lowest BCUT2D eigenvalue weighted by Crippen LogP contribution is -2.37. The molecule has 114 valence electrons. The van der Waals surface area contributed by atoms with Crippen LogP contribution < -0.4 is 10.1 Å². The van der Waals surface area contributed by atoms with E-state index >= 15 is 0 Å². The zero-order chi connectivity index (χ0) is 15.4. The molecular weight excluding hydrogens is 290 g/mol. The quantitative estimate of drug-likeness (QED) is 0.839. The van der Waals surface area contributed by atoms with Crippen molar-refractivity contribution in [2.24, 2.45) is 5.92 Å². The third kappa shape index (κ3) is 3.69. The van der Waals surface area contributed by atoms with Crippen molar-refractivity contribution >= 4 is 23.6 Å². The minimum Gasteiger partial charge on any atom is -0.493 e. The Morgan fingerprint density at radius 2 is 2.24 bits per heavy atom. The van der Waals surface area contributed by atoms with Gasteiger partial charge in [-0.25, -0.2) is 4.79 Å². The highest BCUT2D eigenvalue weighted by molar-refractivity contribution is 7.98. The fourth-order valence-electron chi connectivity index (χ4n) is 2.28. The number of carboxylic acid groups (broad SMARTS) is 1. The Balaban J connectivity index is 2.16. The number of amides is 1. The first kappa shape index (κ1) is 15.7. The van der Waals surface area contributed by atoms with Crippen LogP contribution in [0.25, 0.3) is 0 Å². The Morgan fingerprint density at radius 1 is 1.48 bits per heavy atom. The van der Waals surface area contributed by atoms with E-state index in [0.29, 0.717) is 17.9 Å². The zero-order valence-corrected chi connectivity index (χ0v) is 12.9. The molecule has 1 aromatic rings. The molecule has 1 heterocycles. The molecule has 21 heavy (non-hydrogen) atoms. The number of fused-ring (bicyclic) bond motifs is 1. The van der Waals surface area contributed by atoms with Gasteiger partial charge in [-0.15, -0.1) is 0 Å². The van der Waals surface area contributed by atoms with Crippen molar-refractivity contribution in [2.75, 3.05) is 18.6 Å². The van der Waals surface area contributed by atoms with Crippen molar-refractivity contribution in [1.82, 2.24) is 5.32 Å². The monoisotopic (exact) mass is 309 g/mol. The van der Waals surface area contributed by atoms with Gasteiger partial charge in [0.1, 0.15) is 5.75 Å². The van der Waals surface area contributed by atoms with E-state index in [1.807, 2.05) is 6.26 Å². The number of benzene rings is 1. The van der Waals surface area contributed by atoms with Crippen molar-refractivity contribution in [3.63, 3.8) is 0 Å². The van der Waals surface area contributed by atoms with Crippen molar-refractivity contribution in [3.8, 4) is 5.75 Å². The summed E-state index contributed by atoms with van der Waals surface area (Å²) >= 11 is 1.56. The average Bonchev–Trinajstić information content (AvgIpc) is 2.91. The summed E-state index contributed by atoms with van der Waals surface area (Å²) in [7, 11) is 0. The average molecular weight is 309 g/mol. The van der Waals surface area contributed by atoms with E-state index in [1.54, 1.807) is 36.9 Å². The maximum Gasteiger partial charge on any atom is 0.330 e. The molecule has 0 saturated carbocycles. The van der Waals surface area contributed by atoms with Crippen LogP contribution in [0.15, 0.2) is 18.2 Å². The van der Waals surface area contributed by atoms with Gasteiger partial charge in [0, 0.05) is 18.1 Å². The van der Waals surface area contributed by atoms with Gasteiger partial charge in [0.25, 0.3) is 0 Å². The predicted octanol–water partition coefficient (Wildman–Crippen LogP) is 1.86. The van der Waals surface area contributed by atoms with E-state index in [0.717, 1.165) is 17.7 Å². The third-order valence-corrected chi connectivity index (χ3v) is 4.28. The second-order valence-corrected chi connectivity index (χ2v) is 6.01. The lowest BCUT2D eigenvalue weighted by atomic mass is 10.0. The molecule has 5 nitrogen and oxygen atoms in total. The van der Waals surface area contributed by atoms with Gasteiger partial charge < -0.3 is 15.2 Å². The summed E-state index contributed by atoms with van der Waals surface area (Å²) in [5.41, 5.74) is 1.57. The number of hydrogen-bond acceptors (Lipinski definition) is 4. The molecule has 1 aromatic carbocycles. The van der Waals surface area contributed by atoms with Crippen molar-refractivity contribution < 1.29 is 19.4 Å². The van der Waals surface area contributed by atoms with E-state index in [9.17, 15) is 14.7 Å². The first-order valence-corrected chi connectivity index (χ1v) is 8.20. The molecule has 0 saturated heterocycles. The Labute approximate surface area is 128 Å². The predicted molar refractivity (Wildman–Crippen MR) is 81.7 cm³/mol. The van der Waals surface area contributed by atoms with Crippen molar-refractivity contribution in [3.05, 3.63) is 29.3 Å². The smallest absolute Gasteiger partial charge is 0.330 e. The number of nitrogens with one attached hydrogen (secondary N) is 1. The molecule has 1 amide bonds. The van der Waals surface area contributed by atoms with Crippen LogP contribution in [-0.2, 0) is 16.0 Å². The molecule has 2 N–H and O–H groups in total. The summed E-state index contributed by atoms with van der Waals surface area (Å²) in [5.74, 6) is -0.0624. The van der Waals surface area contributed by atoms with Crippen LogP contribution in [-0.4, -0.2) is 35.6 Å². The lowest BCUT2D eigenvalue weighted by molar-refractivity contribution is -0.142. The van der Waals surface area contributed by atoms with Gasteiger partial charge in [0.2, 0.25) is 5.91 Å². The van der Waals surface area contributed by atoms with E-state index in [2.05, 4.69) is 5.32 Å². The summed E-state index contributed by atoms with van der Waals surface area (Å²) in [4.78, 5) is 23.5. The third-order valence-electron chi connectivity index (χ3n) is 3.44. The summed E-state index contributed by atoms with van der Waals surface area (Å²) in [6.45, 7) is 2.41. The normalized spacial score (nSPS) is 15.7. The molecule has 1 aliphatic heterocycles. The van der Waals surface area contributed by atoms with Gasteiger partial charge in [-0.1, -0.05) is 13.0 Å². The topological polar surface area (TPSA) is 75.6 Å². The van der Waals surface area contributed by atoms with Gasteiger partial charge in [-0.3, -0.25) is 4.79 Å². The van der Waals surface area contributed by atoms with Gasteiger partial charge in [-0.2, -0.15) is 11.8 Å². The number of carboxylic acids is 1. The molecule has 0 spiro atoms. The van der Waals surface area contributed by atoms with Crippen LogP contribution >= 0.6 is 11.8 Å². The molecule has 0 aromatic heterocycles.